The van der Waals surface area contributed by atoms with Crippen molar-refractivity contribution in [3.8, 4) is 0 Å². The zero-order valence-corrected chi connectivity index (χ0v) is 11.4. The molecule has 19 heavy (non-hydrogen) atoms. The summed E-state index contributed by atoms with van der Waals surface area (Å²) >= 11 is 0. The first-order valence-electron chi connectivity index (χ1n) is 5.87. The van der Waals surface area contributed by atoms with E-state index >= 15 is 0 Å². The fourth-order valence-electron chi connectivity index (χ4n) is 2.12. The quantitative estimate of drug-likeness (QED) is 0.625. The Bertz CT molecular complexity index is 598. The second kappa shape index (κ2) is 5.08. The number of nitrogens with two attached hydrogens (primary N) is 1. The van der Waals surface area contributed by atoms with Gasteiger partial charge in [-0.1, -0.05) is 6.07 Å². The molecule has 0 radical (unpaired) electrons. The summed E-state index contributed by atoms with van der Waals surface area (Å²) in [5.74, 6) is -0.289. The highest BCUT2D eigenvalue weighted by molar-refractivity contribution is 7.91. The molecule has 0 bridgehead atoms. The largest absolute Gasteiger partial charge is 0.465 e. The average molecular weight is 284 g/mol. The third-order valence-electron chi connectivity index (χ3n) is 3.08. The average Bonchev–Trinajstić information content (AvgIpc) is 2.70. The Balaban J connectivity index is 2.27. The molecule has 6 nitrogen and oxygen atoms in total. The lowest BCUT2D eigenvalue weighted by Crippen LogP contribution is -2.23. The Kier molecular flexibility index (Phi) is 3.66. The number of carbonyl (C=O) groups is 1. The highest BCUT2D eigenvalue weighted by Crippen LogP contribution is 2.27. The number of hydrogen-bond acceptors (Lipinski definition) is 6. The number of nitrogen functional groups attached to an aromatic ring is 1. The minimum absolute atomic E-state index is 0.0575. The maximum absolute atomic E-state index is 11.7. The number of rotatable bonds is 3. The fraction of sp³-hybridized carbons (Fsp3) is 0.417. The summed E-state index contributed by atoms with van der Waals surface area (Å²) in [6, 6.07) is 4.67. The number of ether oxygens (including phenoxy) is 1. The summed E-state index contributed by atoms with van der Waals surface area (Å²) in [6.45, 7) is 0. The first-order valence-corrected chi connectivity index (χ1v) is 7.69. The number of esters is 1. The molecule has 1 saturated heterocycles. The van der Waals surface area contributed by atoms with Crippen molar-refractivity contribution in [2.45, 2.75) is 12.5 Å². The topological polar surface area (TPSA) is 98.5 Å². The van der Waals surface area contributed by atoms with E-state index in [0.29, 0.717) is 23.4 Å². The van der Waals surface area contributed by atoms with Gasteiger partial charge in [0, 0.05) is 6.04 Å². The van der Waals surface area contributed by atoms with E-state index in [2.05, 4.69) is 10.1 Å². The fourth-order valence-corrected chi connectivity index (χ4v) is 3.80. The van der Waals surface area contributed by atoms with Gasteiger partial charge in [0.05, 0.1) is 35.6 Å². The second-order valence-corrected chi connectivity index (χ2v) is 6.73. The lowest BCUT2D eigenvalue weighted by molar-refractivity contribution is 0.0602. The second-order valence-electron chi connectivity index (χ2n) is 4.51. The predicted octanol–water partition coefficient (Wildman–Crippen LogP) is 0.654. The third-order valence-corrected chi connectivity index (χ3v) is 4.85. The number of carbonyl (C=O) groups excluding carboxylic acids is 1. The molecule has 1 aromatic carbocycles. The summed E-state index contributed by atoms with van der Waals surface area (Å²) in [4.78, 5) is 11.7. The maximum atomic E-state index is 11.7. The van der Waals surface area contributed by atoms with Gasteiger partial charge in [-0.05, 0) is 18.6 Å². The smallest absolute Gasteiger partial charge is 0.340 e. The first-order chi connectivity index (χ1) is 8.93. The van der Waals surface area contributed by atoms with E-state index in [4.69, 9.17) is 5.73 Å². The number of hydrogen-bond donors (Lipinski definition) is 2. The number of methoxy groups -OCH3 is 1. The molecule has 7 heteroatoms. The van der Waals surface area contributed by atoms with E-state index in [1.807, 2.05) is 0 Å². The van der Waals surface area contributed by atoms with Crippen molar-refractivity contribution in [1.82, 2.24) is 0 Å². The normalized spacial score (nSPS) is 21.0. The number of anilines is 2. The monoisotopic (exact) mass is 284 g/mol. The van der Waals surface area contributed by atoms with Crippen molar-refractivity contribution in [1.29, 1.82) is 0 Å². The van der Waals surface area contributed by atoms with Crippen molar-refractivity contribution in [2.24, 2.45) is 0 Å². The van der Waals surface area contributed by atoms with Crippen LogP contribution < -0.4 is 11.1 Å². The molecule has 104 valence electrons. The van der Waals surface area contributed by atoms with Crippen LogP contribution in [0.3, 0.4) is 0 Å². The summed E-state index contributed by atoms with van der Waals surface area (Å²) in [5, 5.41) is 3.04. The molecule has 1 heterocycles. The number of para-hydroxylation sites is 1. The van der Waals surface area contributed by atoms with Gasteiger partial charge >= 0.3 is 5.97 Å². The van der Waals surface area contributed by atoms with Crippen molar-refractivity contribution in [3.05, 3.63) is 23.8 Å². The van der Waals surface area contributed by atoms with Gasteiger partial charge in [-0.3, -0.25) is 0 Å². The molecular weight excluding hydrogens is 268 g/mol. The van der Waals surface area contributed by atoms with Crippen LogP contribution in [0.4, 0.5) is 11.4 Å². The Morgan fingerprint density at radius 1 is 1.47 bits per heavy atom. The minimum Gasteiger partial charge on any atom is -0.465 e. The summed E-state index contributed by atoms with van der Waals surface area (Å²) in [6.07, 6.45) is 0.511. The molecular formula is C12H16N2O4S. The van der Waals surface area contributed by atoms with E-state index in [0.717, 1.165) is 0 Å². The zero-order chi connectivity index (χ0) is 14.0. The van der Waals surface area contributed by atoms with Gasteiger partial charge in [-0.25, -0.2) is 13.2 Å². The van der Waals surface area contributed by atoms with Crippen LogP contribution in [0.15, 0.2) is 18.2 Å². The lowest BCUT2D eigenvalue weighted by atomic mass is 10.1. The van der Waals surface area contributed by atoms with Crippen LogP contribution >= 0.6 is 0 Å². The molecule has 1 aliphatic heterocycles. The number of nitrogens with one attached hydrogen (secondary N) is 1. The Hall–Kier alpha value is -1.76. The molecule has 3 N–H and O–H groups in total. The van der Waals surface area contributed by atoms with Crippen molar-refractivity contribution >= 4 is 27.2 Å². The molecule has 2 rings (SSSR count). The standard InChI is InChI=1S/C12H16N2O4S/c1-18-12(15)9-3-2-4-10(13)11(9)14-8-5-6-19(16,17)7-8/h2-4,8,14H,5-7,13H2,1H3. The van der Waals surface area contributed by atoms with E-state index in [1.54, 1.807) is 18.2 Å². The van der Waals surface area contributed by atoms with Crippen molar-refractivity contribution < 1.29 is 17.9 Å². The van der Waals surface area contributed by atoms with Crippen LogP contribution in [-0.4, -0.2) is 39.0 Å². The Morgan fingerprint density at radius 2 is 2.21 bits per heavy atom. The number of sulfone groups is 1. The minimum atomic E-state index is -2.99. The van der Waals surface area contributed by atoms with E-state index in [1.165, 1.54) is 7.11 Å². The van der Waals surface area contributed by atoms with Crippen molar-refractivity contribution in [3.63, 3.8) is 0 Å². The number of benzene rings is 1. The third kappa shape index (κ3) is 2.98. The van der Waals surface area contributed by atoms with Gasteiger partial charge in [-0.15, -0.1) is 0 Å². The molecule has 1 fully saturated rings. The van der Waals surface area contributed by atoms with Gasteiger partial charge in [-0.2, -0.15) is 0 Å². The first kappa shape index (κ1) is 13.7. The molecule has 0 spiro atoms. The lowest BCUT2D eigenvalue weighted by Gasteiger charge is -2.17. The molecule has 0 saturated carbocycles. The summed E-state index contributed by atoms with van der Waals surface area (Å²) < 4.78 is 27.5. The highest BCUT2D eigenvalue weighted by Gasteiger charge is 2.29. The van der Waals surface area contributed by atoms with Crippen LogP contribution in [0.2, 0.25) is 0 Å². The molecule has 0 amide bonds. The van der Waals surface area contributed by atoms with Crippen molar-refractivity contribution in [2.75, 3.05) is 29.7 Å². The maximum Gasteiger partial charge on any atom is 0.340 e. The molecule has 1 atom stereocenters. The molecule has 0 aromatic heterocycles. The van der Waals surface area contributed by atoms with Gasteiger partial charge in [0.2, 0.25) is 0 Å². The summed E-state index contributed by atoms with van der Waals surface area (Å²) in [7, 11) is -1.70. The van der Waals surface area contributed by atoms with Crippen LogP contribution in [0.25, 0.3) is 0 Å². The van der Waals surface area contributed by atoms with E-state index < -0.39 is 15.8 Å². The van der Waals surface area contributed by atoms with Crippen LogP contribution in [0.5, 0.6) is 0 Å². The van der Waals surface area contributed by atoms with E-state index in [-0.39, 0.29) is 17.5 Å². The van der Waals surface area contributed by atoms with Gasteiger partial charge < -0.3 is 15.8 Å². The zero-order valence-electron chi connectivity index (χ0n) is 10.5. The van der Waals surface area contributed by atoms with E-state index in [9.17, 15) is 13.2 Å². The van der Waals surface area contributed by atoms with Crippen LogP contribution in [0.1, 0.15) is 16.8 Å². The van der Waals surface area contributed by atoms with Crippen LogP contribution in [0, 0.1) is 0 Å². The Morgan fingerprint density at radius 3 is 2.79 bits per heavy atom. The van der Waals surface area contributed by atoms with Gasteiger partial charge in [0.15, 0.2) is 9.84 Å². The highest BCUT2D eigenvalue weighted by atomic mass is 32.2. The predicted molar refractivity (Wildman–Crippen MR) is 72.9 cm³/mol. The molecule has 1 aromatic rings. The SMILES string of the molecule is COC(=O)c1cccc(N)c1NC1CCS(=O)(=O)C1. The van der Waals surface area contributed by atoms with Gasteiger partial charge in [0.1, 0.15) is 0 Å². The molecule has 0 aliphatic carbocycles. The van der Waals surface area contributed by atoms with Gasteiger partial charge in [0.25, 0.3) is 0 Å². The molecule has 1 unspecified atom stereocenters. The summed E-state index contributed by atoms with van der Waals surface area (Å²) in [5.41, 5.74) is 6.99. The van der Waals surface area contributed by atoms with Crippen LogP contribution in [-0.2, 0) is 14.6 Å². The Labute approximate surface area is 111 Å². The molecule has 1 aliphatic rings.